The second-order valence-electron chi connectivity index (χ2n) is 4.05. The third-order valence-electron chi connectivity index (χ3n) is 3.09. The topological polar surface area (TPSA) is 70.7 Å². The number of hydrogen-bond donors (Lipinski definition) is 2. The van der Waals surface area contributed by atoms with E-state index >= 15 is 0 Å². The number of furan rings is 1. The van der Waals surface area contributed by atoms with Crippen LogP contribution < -0.4 is 0 Å². The van der Waals surface area contributed by atoms with E-state index in [9.17, 15) is 9.90 Å². The highest BCUT2D eigenvalue weighted by Crippen LogP contribution is 2.41. The van der Waals surface area contributed by atoms with Gasteiger partial charge in [-0.1, -0.05) is 0 Å². The molecule has 0 radical (unpaired) electrons. The molecule has 4 heteroatoms. The van der Waals surface area contributed by atoms with Crippen LogP contribution in [0.15, 0.2) is 22.6 Å². The number of hydrogen-bond acceptors (Lipinski definition) is 3. The highest BCUT2D eigenvalue weighted by molar-refractivity contribution is 5.90. The SMILES string of the molecule is O=C(O)C1CCc2oc3ccc(O)cc3c21. The first-order valence-corrected chi connectivity index (χ1v) is 5.14. The summed E-state index contributed by atoms with van der Waals surface area (Å²) in [7, 11) is 0. The molecule has 0 amide bonds. The lowest BCUT2D eigenvalue weighted by Crippen LogP contribution is -2.07. The van der Waals surface area contributed by atoms with Crippen molar-refractivity contribution >= 4 is 16.9 Å². The molecule has 0 fully saturated rings. The van der Waals surface area contributed by atoms with E-state index in [1.165, 1.54) is 6.07 Å². The summed E-state index contributed by atoms with van der Waals surface area (Å²) in [5.74, 6) is -0.456. The van der Waals surface area contributed by atoms with Crippen LogP contribution in [0.25, 0.3) is 11.0 Å². The second-order valence-corrected chi connectivity index (χ2v) is 4.05. The zero-order chi connectivity index (χ0) is 11.3. The average molecular weight is 218 g/mol. The number of carbonyl (C=O) groups is 1. The van der Waals surface area contributed by atoms with Gasteiger partial charge in [0.1, 0.15) is 17.1 Å². The lowest BCUT2D eigenvalue weighted by atomic mass is 10.0. The quantitative estimate of drug-likeness (QED) is 0.770. The third kappa shape index (κ3) is 1.13. The van der Waals surface area contributed by atoms with E-state index in [0.29, 0.717) is 18.4 Å². The number of phenolic OH excluding ortho intramolecular Hbond substituents is 1. The number of rotatable bonds is 1. The molecule has 0 bridgehead atoms. The monoisotopic (exact) mass is 218 g/mol. The van der Waals surface area contributed by atoms with Crippen LogP contribution >= 0.6 is 0 Å². The number of aliphatic carboxylic acids is 1. The van der Waals surface area contributed by atoms with Crippen LogP contribution in [0.4, 0.5) is 0 Å². The van der Waals surface area contributed by atoms with Crippen molar-refractivity contribution in [1.29, 1.82) is 0 Å². The van der Waals surface area contributed by atoms with Crippen molar-refractivity contribution in [1.82, 2.24) is 0 Å². The van der Waals surface area contributed by atoms with Crippen LogP contribution in [-0.4, -0.2) is 16.2 Å². The molecule has 4 nitrogen and oxygen atoms in total. The van der Waals surface area contributed by atoms with E-state index in [1.54, 1.807) is 12.1 Å². The van der Waals surface area contributed by atoms with Crippen molar-refractivity contribution in [2.75, 3.05) is 0 Å². The molecule has 3 rings (SSSR count). The Bertz CT molecular complexity index is 582. The Morgan fingerprint density at radius 3 is 3.00 bits per heavy atom. The molecule has 2 aromatic rings. The van der Waals surface area contributed by atoms with Gasteiger partial charge in [0.15, 0.2) is 0 Å². The van der Waals surface area contributed by atoms with E-state index in [4.69, 9.17) is 9.52 Å². The maximum Gasteiger partial charge on any atom is 0.311 e. The fraction of sp³-hybridized carbons (Fsp3) is 0.250. The van der Waals surface area contributed by atoms with E-state index < -0.39 is 11.9 Å². The molecule has 1 aromatic heterocycles. The first kappa shape index (κ1) is 9.27. The van der Waals surface area contributed by atoms with Gasteiger partial charge >= 0.3 is 5.97 Å². The molecule has 16 heavy (non-hydrogen) atoms. The Kier molecular flexibility index (Phi) is 1.74. The highest BCUT2D eigenvalue weighted by atomic mass is 16.4. The summed E-state index contributed by atoms with van der Waals surface area (Å²) < 4.78 is 5.57. The summed E-state index contributed by atoms with van der Waals surface area (Å²) in [5, 5.41) is 19.2. The van der Waals surface area contributed by atoms with Gasteiger partial charge in [0.05, 0.1) is 5.92 Å². The summed E-state index contributed by atoms with van der Waals surface area (Å²) in [5.41, 5.74) is 1.38. The van der Waals surface area contributed by atoms with Crippen molar-refractivity contribution in [3.8, 4) is 5.75 Å². The molecule has 1 unspecified atom stereocenters. The first-order chi connectivity index (χ1) is 7.66. The van der Waals surface area contributed by atoms with Gasteiger partial charge in [0.25, 0.3) is 0 Å². The first-order valence-electron chi connectivity index (χ1n) is 5.14. The largest absolute Gasteiger partial charge is 0.508 e. The zero-order valence-corrected chi connectivity index (χ0v) is 8.43. The Balaban J connectivity index is 2.29. The standard InChI is InChI=1S/C12H10O4/c13-6-1-3-9-8(5-6)11-7(12(14)15)2-4-10(11)16-9/h1,3,5,7,13H,2,4H2,(H,14,15). The van der Waals surface area contributed by atoms with Crippen LogP contribution in [0.3, 0.4) is 0 Å². The second kappa shape index (κ2) is 3.01. The van der Waals surface area contributed by atoms with Crippen LogP contribution in [0.2, 0.25) is 0 Å². The molecule has 1 aromatic carbocycles. The zero-order valence-electron chi connectivity index (χ0n) is 8.43. The molecule has 0 aliphatic heterocycles. The number of fused-ring (bicyclic) bond motifs is 3. The lowest BCUT2D eigenvalue weighted by Gasteiger charge is -2.03. The lowest BCUT2D eigenvalue weighted by molar-refractivity contribution is -0.138. The normalized spacial score (nSPS) is 18.9. The Morgan fingerprint density at radius 2 is 2.25 bits per heavy atom. The average Bonchev–Trinajstić information content (AvgIpc) is 2.76. The van der Waals surface area contributed by atoms with Crippen molar-refractivity contribution in [3.05, 3.63) is 29.5 Å². The molecule has 0 spiro atoms. The molecular formula is C12H10O4. The molecule has 1 heterocycles. The molecule has 82 valence electrons. The molecule has 0 saturated carbocycles. The fourth-order valence-electron chi connectivity index (χ4n) is 2.39. The maximum atomic E-state index is 11.1. The Morgan fingerprint density at radius 1 is 1.44 bits per heavy atom. The van der Waals surface area contributed by atoms with Crippen molar-refractivity contribution in [3.63, 3.8) is 0 Å². The summed E-state index contributed by atoms with van der Waals surface area (Å²) >= 11 is 0. The fourth-order valence-corrected chi connectivity index (χ4v) is 2.39. The van der Waals surface area contributed by atoms with Gasteiger partial charge in [0.2, 0.25) is 0 Å². The number of benzene rings is 1. The molecule has 0 saturated heterocycles. The van der Waals surface area contributed by atoms with Gasteiger partial charge in [0, 0.05) is 17.4 Å². The number of phenols is 1. The summed E-state index contributed by atoms with van der Waals surface area (Å²) in [6, 6.07) is 4.78. The molecule has 1 atom stereocenters. The van der Waals surface area contributed by atoms with Crippen LogP contribution in [0.1, 0.15) is 23.7 Å². The van der Waals surface area contributed by atoms with Gasteiger partial charge < -0.3 is 14.6 Å². The van der Waals surface area contributed by atoms with Gasteiger partial charge in [-0.2, -0.15) is 0 Å². The predicted molar refractivity (Wildman–Crippen MR) is 56.6 cm³/mol. The van der Waals surface area contributed by atoms with Crippen molar-refractivity contribution < 1.29 is 19.4 Å². The van der Waals surface area contributed by atoms with Crippen LogP contribution in [-0.2, 0) is 11.2 Å². The van der Waals surface area contributed by atoms with E-state index in [1.807, 2.05) is 0 Å². The minimum atomic E-state index is -0.829. The van der Waals surface area contributed by atoms with Crippen LogP contribution in [0, 0.1) is 0 Å². The highest BCUT2D eigenvalue weighted by Gasteiger charge is 2.33. The molecule has 1 aliphatic rings. The van der Waals surface area contributed by atoms with Crippen molar-refractivity contribution in [2.45, 2.75) is 18.8 Å². The number of carboxylic acid groups (broad SMARTS) is 1. The number of carboxylic acids is 1. The summed E-state index contributed by atoms with van der Waals surface area (Å²) in [4.78, 5) is 11.1. The molecular weight excluding hydrogens is 208 g/mol. The Labute approximate surface area is 91.1 Å². The van der Waals surface area contributed by atoms with Crippen molar-refractivity contribution in [2.24, 2.45) is 0 Å². The predicted octanol–water partition coefficient (Wildman–Crippen LogP) is 2.25. The molecule has 1 aliphatic carbocycles. The summed E-state index contributed by atoms with van der Waals surface area (Å²) in [6.45, 7) is 0. The minimum absolute atomic E-state index is 0.132. The van der Waals surface area contributed by atoms with E-state index in [-0.39, 0.29) is 5.75 Å². The van der Waals surface area contributed by atoms with Gasteiger partial charge in [-0.05, 0) is 24.6 Å². The smallest absolute Gasteiger partial charge is 0.311 e. The van der Waals surface area contributed by atoms with Gasteiger partial charge in [-0.3, -0.25) is 4.79 Å². The van der Waals surface area contributed by atoms with E-state index in [0.717, 1.165) is 16.7 Å². The summed E-state index contributed by atoms with van der Waals surface area (Å²) in [6.07, 6.45) is 1.23. The van der Waals surface area contributed by atoms with Gasteiger partial charge in [-0.15, -0.1) is 0 Å². The van der Waals surface area contributed by atoms with Gasteiger partial charge in [-0.25, -0.2) is 0 Å². The third-order valence-corrected chi connectivity index (χ3v) is 3.09. The van der Waals surface area contributed by atoms with E-state index in [2.05, 4.69) is 0 Å². The Hall–Kier alpha value is -1.97. The number of aryl methyl sites for hydroxylation is 1. The molecule has 2 N–H and O–H groups in total. The van der Waals surface area contributed by atoms with Crippen LogP contribution in [0.5, 0.6) is 5.75 Å². The number of aromatic hydroxyl groups is 1. The minimum Gasteiger partial charge on any atom is -0.508 e. The maximum absolute atomic E-state index is 11.1.